The Balaban J connectivity index is 1.63. The van der Waals surface area contributed by atoms with Gasteiger partial charge in [-0.3, -0.25) is 4.79 Å². The van der Waals surface area contributed by atoms with Crippen molar-refractivity contribution in [1.82, 2.24) is 15.0 Å². The predicted molar refractivity (Wildman–Crippen MR) is 86.7 cm³/mol. The first-order valence-electron chi connectivity index (χ1n) is 8.15. The Labute approximate surface area is 148 Å². The van der Waals surface area contributed by atoms with E-state index in [4.69, 9.17) is 14.4 Å². The maximum atomic E-state index is 13.6. The number of carboxylic acids is 1. The van der Waals surface area contributed by atoms with Crippen molar-refractivity contribution in [1.29, 1.82) is 0 Å². The first kappa shape index (κ1) is 18.0. The third-order valence-electron chi connectivity index (χ3n) is 4.18. The van der Waals surface area contributed by atoms with Crippen LogP contribution in [0.5, 0.6) is 0 Å². The van der Waals surface area contributed by atoms with Gasteiger partial charge in [-0.2, -0.15) is 4.98 Å². The summed E-state index contributed by atoms with van der Waals surface area (Å²) in [6.07, 6.45) is 0.206. The van der Waals surface area contributed by atoms with Crippen LogP contribution >= 0.6 is 0 Å². The summed E-state index contributed by atoms with van der Waals surface area (Å²) in [5.41, 5.74) is 0.995. The minimum absolute atomic E-state index is 0.0230. The van der Waals surface area contributed by atoms with Crippen molar-refractivity contribution in [2.24, 2.45) is 0 Å². The average molecular weight is 363 g/mol. The molecule has 0 unspecified atom stereocenters. The highest BCUT2D eigenvalue weighted by molar-refractivity contribution is 5.84. The van der Waals surface area contributed by atoms with Crippen molar-refractivity contribution < 1.29 is 28.3 Å². The van der Waals surface area contributed by atoms with Gasteiger partial charge in [0.25, 0.3) is 0 Å². The van der Waals surface area contributed by atoms with Gasteiger partial charge < -0.3 is 19.3 Å². The van der Waals surface area contributed by atoms with Gasteiger partial charge in [-0.25, -0.2) is 9.18 Å². The number of hydrogen-bond donors (Lipinski definition) is 1. The molecule has 1 fully saturated rings. The standard InChI is InChI=1S/C17H18FN3O5/c1-10-2-3-11(8-12(10)18)16-19-14(26-20-16)4-5-15(22)21-6-7-25-9-13(21)17(23)24/h2-3,8,13H,4-7,9H2,1H3,(H,23,24)/t13-/m1/s1. The van der Waals surface area contributed by atoms with Crippen molar-refractivity contribution in [2.75, 3.05) is 19.8 Å². The second-order valence-electron chi connectivity index (χ2n) is 5.99. The average Bonchev–Trinajstić information content (AvgIpc) is 3.11. The van der Waals surface area contributed by atoms with E-state index in [1.54, 1.807) is 19.1 Å². The van der Waals surface area contributed by atoms with E-state index < -0.39 is 12.0 Å². The predicted octanol–water partition coefficient (Wildman–Crippen LogP) is 1.43. The first-order chi connectivity index (χ1) is 12.5. The van der Waals surface area contributed by atoms with Gasteiger partial charge in [-0.1, -0.05) is 17.3 Å². The number of carbonyl (C=O) groups is 2. The Morgan fingerprint density at radius 1 is 1.42 bits per heavy atom. The number of benzene rings is 1. The second kappa shape index (κ2) is 7.61. The molecule has 1 aromatic heterocycles. The number of aliphatic carboxylic acids is 1. The fourth-order valence-corrected chi connectivity index (χ4v) is 2.67. The molecular formula is C17H18FN3O5. The zero-order valence-corrected chi connectivity index (χ0v) is 14.1. The quantitative estimate of drug-likeness (QED) is 0.856. The number of carboxylic acid groups (broad SMARTS) is 1. The van der Waals surface area contributed by atoms with Gasteiger partial charge in [0.2, 0.25) is 17.6 Å². The molecule has 1 aliphatic heterocycles. The largest absolute Gasteiger partial charge is 0.480 e. The van der Waals surface area contributed by atoms with Gasteiger partial charge in [-0.15, -0.1) is 0 Å². The monoisotopic (exact) mass is 363 g/mol. The molecule has 8 nitrogen and oxygen atoms in total. The number of aromatic nitrogens is 2. The Morgan fingerprint density at radius 3 is 2.96 bits per heavy atom. The molecule has 1 aliphatic rings. The highest BCUT2D eigenvalue weighted by Gasteiger charge is 2.32. The van der Waals surface area contributed by atoms with E-state index in [9.17, 15) is 14.0 Å². The zero-order chi connectivity index (χ0) is 18.7. The van der Waals surface area contributed by atoms with E-state index in [2.05, 4.69) is 10.1 Å². The molecule has 1 amide bonds. The lowest BCUT2D eigenvalue weighted by molar-refractivity contribution is -0.158. The van der Waals surface area contributed by atoms with Crippen LogP contribution in [0.15, 0.2) is 22.7 Å². The van der Waals surface area contributed by atoms with E-state index in [0.29, 0.717) is 17.7 Å². The molecule has 0 saturated carbocycles. The summed E-state index contributed by atoms with van der Waals surface area (Å²) in [6, 6.07) is 3.64. The summed E-state index contributed by atoms with van der Waals surface area (Å²) in [5.74, 6) is -1.31. The van der Waals surface area contributed by atoms with Crippen LogP contribution in [-0.2, 0) is 20.7 Å². The van der Waals surface area contributed by atoms with Crippen molar-refractivity contribution in [2.45, 2.75) is 25.8 Å². The zero-order valence-electron chi connectivity index (χ0n) is 14.1. The second-order valence-corrected chi connectivity index (χ2v) is 5.99. The van der Waals surface area contributed by atoms with E-state index in [1.165, 1.54) is 11.0 Å². The van der Waals surface area contributed by atoms with Crippen LogP contribution in [-0.4, -0.2) is 57.8 Å². The fraction of sp³-hybridized carbons (Fsp3) is 0.412. The fourth-order valence-electron chi connectivity index (χ4n) is 2.67. The maximum Gasteiger partial charge on any atom is 0.328 e. The Bertz CT molecular complexity index is 822. The van der Waals surface area contributed by atoms with Gasteiger partial charge in [0.15, 0.2) is 6.04 Å². The molecule has 1 N–H and O–H groups in total. The summed E-state index contributed by atoms with van der Waals surface area (Å²) in [5, 5.41) is 13.0. The van der Waals surface area contributed by atoms with Crippen molar-refractivity contribution >= 4 is 11.9 Å². The van der Waals surface area contributed by atoms with E-state index in [1.807, 2.05) is 0 Å². The summed E-state index contributed by atoms with van der Waals surface area (Å²) < 4.78 is 23.9. The minimum Gasteiger partial charge on any atom is -0.480 e. The lowest BCUT2D eigenvalue weighted by Crippen LogP contribution is -2.52. The third-order valence-corrected chi connectivity index (χ3v) is 4.18. The molecule has 3 rings (SSSR count). The molecule has 1 atom stereocenters. The molecule has 0 aliphatic carbocycles. The van der Waals surface area contributed by atoms with Crippen LogP contribution in [0.1, 0.15) is 17.9 Å². The van der Waals surface area contributed by atoms with E-state index >= 15 is 0 Å². The molecule has 0 spiro atoms. The van der Waals surface area contributed by atoms with Gasteiger partial charge in [0.1, 0.15) is 5.82 Å². The number of amides is 1. The molecule has 1 aromatic carbocycles. The van der Waals surface area contributed by atoms with Crippen LogP contribution in [0.2, 0.25) is 0 Å². The molecule has 0 radical (unpaired) electrons. The smallest absolute Gasteiger partial charge is 0.328 e. The van der Waals surface area contributed by atoms with Crippen LogP contribution in [0.4, 0.5) is 4.39 Å². The highest BCUT2D eigenvalue weighted by Crippen LogP contribution is 2.19. The van der Waals surface area contributed by atoms with Crippen LogP contribution in [0.3, 0.4) is 0 Å². The van der Waals surface area contributed by atoms with Crippen LogP contribution < -0.4 is 0 Å². The minimum atomic E-state index is -1.10. The number of aryl methyl sites for hydroxylation is 2. The summed E-state index contributed by atoms with van der Waals surface area (Å²) >= 11 is 0. The van der Waals surface area contributed by atoms with Gasteiger partial charge >= 0.3 is 5.97 Å². The van der Waals surface area contributed by atoms with Crippen molar-refractivity contribution in [3.8, 4) is 11.4 Å². The molecule has 2 aromatic rings. The summed E-state index contributed by atoms with van der Waals surface area (Å²) in [7, 11) is 0. The topological polar surface area (TPSA) is 106 Å². The third kappa shape index (κ3) is 3.88. The molecule has 9 heteroatoms. The number of rotatable bonds is 5. The lowest BCUT2D eigenvalue weighted by Gasteiger charge is -2.32. The van der Waals surface area contributed by atoms with Gasteiger partial charge in [0, 0.05) is 24.9 Å². The van der Waals surface area contributed by atoms with Crippen LogP contribution in [0.25, 0.3) is 11.4 Å². The Morgan fingerprint density at radius 2 is 2.23 bits per heavy atom. The van der Waals surface area contributed by atoms with Crippen molar-refractivity contribution in [3.63, 3.8) is 0 Å². The number of ether oxygens (including phenoxy) is 1. The summed E-state index contributed by atoms with van der Waals surface area (Å²) in [4.78, 5) is 29.0. The lowest BCUT2D eigenvalue weighted by atomic mass is 10.1. The molecule has 26 heavy (non-hydrogen) atoms. The maximum absolute atomic E-state index is 13.6. The number of hydrogen-bond acceptors (Lipinski definition) is 6. The van der Waals surface area contributed by atoms with E-state index in [-0.39, 0.29) is 49.4 Å². The number of halogens is 1. The van der Waals surface area contributed by atoms with Crippen LogP contribution in [0, 0.1) is 12.7 Å². The molecule has 1 saturated heterocycles. The number of morpholine rings is 1. The summed E-state index contributed by atoms with van der Waals surface area (Å²) in [6.45, 7) is 2.17. The van der Waals surface area contributed by atoms with Gasteiger partial charge in [0.05, 0.1) is 13.2 Å². The molecule has 0 bridgehead atoms. The molecular weight excluding hydrogens is 345 g/mol. The van der Waals surface area contributed by atoms with Crippen molar-refractivity contribution in [3.05, 3.63) is 35.5 Å². The highest BCUT2D eigenvalue weighted by atomic mass is 19.1. The van der Waals surface area contributed by atoms with Gasteiger partial charge in [-0.05, 0) is 18.6 Å². The SMILES string of the molecule is Cc1ccc(-c2noc(CCC(=O)N3CCOC[C@@H]3C(=O)O)n2)cc1F. The Hall–Kier alpha value is -2.81. The Kier molecular flexibility index (Phi) is 5.27. The number of carbonyl (C=O) groups excluding carboxylic acids is 1. The number of nitrogens with zero attached hydrogens (tertiary/aromatic N) is 3. The molecule has 138 valence electrons. The van der Waals surface area contributed by atoms with E-state index in [0.717, 1.165) is 0 Å². The normalized spacial score (nSPS) is 17.3. The first-order valence-corrected chi connectivity index (χ1v) is 8.15. The molecule has 2 heterocycles.